The van der Waals surface area contributed by atoms with Gasteiger partial charge in [-0.3, -0.25) is 4.68 Å². The summed E-state index contributed by atoms with van der Waals surface area (Å²) in [5.74, 6) is 0. The van der Waals surface area contributed by atoms with Gasteiger partial charge < -0.3 is 9.88 Å². The SMILES string of the molecule is CN1CCC(n2cc(-c3cnc4[nH]cc(-c5cccc(C#N)c5)c4c3)cn2)CC1. The lowest BCUT2D eigenvalue weighted by Crippen LogP contribution is -2.31. The first-order chi connectivity index (χ1) is 14.2. The third-order valence-electron chi connectivity index (χ3n) is 5.83. The molecule has 0 saturated carbocycles. The molecular weight excluding hydrogens is 360 g/mol. The second-order valence-electron chi connectivity index (χ2n) is 7.76. The van der Waals surface area contributed by atoms with Crippen LogP contribution in [0.15, 0.2) is 55.1 Å². The number of H-pyrrole nitrogens is 1. The smallest absolute Gasteiger partial charge is 0.137 e. The van der Waals surface area contributed by atoms with E-state index in [1.165, 1.54) is 0 Å². The quantitative estimate of drug-likeness (QED) is 0.575. The summed E-state index contributed by atoms with van der Waals surface area (Å²) in [6.07, 6.45) is 10.2. The molecule has 0 spiro atoms. The van der Waals surface area contributed by atoms with Gasteiger partial charge in [-0.1, -0.05) is 12.1 Å². The predicted molar refractivity (Wildman–Crippen MR) is 113 cm³/mol. The van der Waals surface area contributed by atoms with Crippen molar-refractivity contribution in [2.24, 2.45) is 0 Å². The van der Waals surface area contributed by atoms with E-state index in [2.05, 4.69) is 50.0 Å². The van der Waals surface area contributed by atoms with Crippen molar-refractivity contribution in [1.29, 1.82) is 5.26 Å². The summed E-state index contributed by atoms with van der Waals surface area (Å²) in [5.41, 5.74) is 5.69. The van der Waals surface area contributed by atoms with E-state index in [1.54, 1.807) is 0 Å². The fraction of sp³-hybridized carbons (Fsp3) is 0.261. The van der Waals surface area contributed by atoms with Gasteiger partial charge >= 0.3 is 0 Å². The minimum Gasteiger partial charge on any atom is -0.346 e. The van der Waals surface area contributed by atoms with E-state index in [0.717, 1.165) is 59.2 Å². The van der Waals surface area contributed by atoms with Crippen LogP contribution in [-0.2, 0) is 0 Å². The Balaban J connectivity index is 1.50. The molecule has 0 aliphatic carbocycles. The first-order valence-corrected chi connectivity index (χ1v) is 9.92. The monoisotopic (exact) mass is 382 g/mol. The number of nitrogens with one attached hydrogen (secondary N) is 1. The Bertz CT molecular complexity index is 1200. The van der Waals surface area contributed by atoms with E-state index in [4.69, 9.17) is 0 Å². The highest BCUT2D eigenvalue weighted by Gasteiger charge is 2.19. The fourth-order valence-corrected chi connectivity index (χ4v) is 4.10. The van der Waals surface area contributed by atoms with Crippen molar-refractivity contribution in [2.75, 3.05) is 20.1 Å². The highest BCUT2D eigenvalue weighted by molar-refractivity contribution is 5.95. The molecule has 0 bridgehead atoms. The zero-order valence-electron chi connectivity index (χ0n) is 16.3. The van der Waals surface area contributed by atoms with Crippen LogP contribution in [0.5, 0.6) is 0 Å². The Morgan fingerprint density at radius 1 is 1.10 bits per heavy atom. The molecule has 5 rings (SSSR count). The number of benzene rings is 1. The number of fused-ring (bicyclic) bond motifs is 1. The number of hydrogen-bond acceptors (Lipinski definition) is 4. The number of aromatic amines is 1. The van der Waals surface area contributed by atoms with Crippen molar-refractivity contribution in [3.8, 4) is 28.3 Å². The maximum atomic E-state index is 9.21. The van der Waals surface area contributed by atoms with Gasteiger partial charge in [0.25, 0.3) is 0 Å². The molecule has 1 aliphatic rings. The van der Waals surface area contributed by atoms with Gasteiger partial charge in [-0.2, -0.15) is 10.4 Å². The summed E-state index contributed by atoms with van der Waals surface area (Å²) >= 11 is 0. The number of hydrogen-bond donors (Lipinski definition) is 1. The Morgan fingerprint density at radius 3 is 2.79 bits per heavy atom. The maximum absolute atomic E-state index is 9.21. The van der Waals surface area contributed by atoms with Crippen LogP contribution in [0.3, 0.4) is 0 Å². The first kappa shape index (κ1) is 17.7. The molecule has 1 saturated heterocycles. The Labute approximate surface area is 169 Å². The fourth-order valence-electron chi connectivity index (χ4n) is 4.10. The number of rotatable bonds is 3. The number of nitrogens with zero attached hydrogens (tertiary/aromatic N) is 5. The average Bonchev–Trinajstić information content (AvgIpc) is 3.41. The Morgan fingerprint density at radius 2 is 1.97 bits per heavy atom. The predicted octanol–water partition coefficient (Wildman–Crippen LogP) is 4.23. The van der Waals surface area contributed by atoms with Crippen molar-refractivity contribution >= 4 is 11.0 Å². The number of likely N-dealkylation sites (tertiary alicyclic amines) is 1. The van der Waals surface area contributed by atoms with Crippen LogP contribution in [0.2, 0.25) is 0 Å². The zero-order chi connectivity index (χ0) is 19.8. The van der Waals surface area contributed by atoms with Crippen LogP contribution in [0.25, 0.3) is 33.3 Å². The van der Waals surface area contributed by atoms with Gasteiger partial charge in [0.15, 0.2) is 0 Å². The summed E-state index contributed by atoms with van der Waals surface area (Å²) in [4.78, 5) is 10.2. The minimum atomic E-state index is 0.466. The van der Waals surface area contributed by atoms with Gasteiger partial charge in [0.05, 0.1) is 23.9 Å². The maximum Gasteiger partial charge on any atom is 0.137 e. The number of piperidine rings is 1. The van der Waals surface area contributed by atoms with Crippen LogP contribution in [0.4, 0.5) is 0 Å². The third kappa shape index (κ3) is 3.30. The van der Waals surface area contributed by atoms with Crippen molar-refractivity contribution in [3.05, 3.63) is 60.7 Å². The van der Waals surface area contributed by atoms with E-state index >= 15 is 0 Å². The standard InChI is InChI=1S/C23H22N6/c1-28-7-5-20(6-8-28)29-15-19(13-27-29)18-10-21-22(14-26-23(21)25-12-18)17-4-2-3-16(9-17)11-24/h2-4,9-10,12-15,20H,5-8H2,1H3,(H,25,26). The van der Waals surface area contributed by atoms with Crippen LogP contribution in [0, 0.1) is 11.3 Å². The molecule has 0 radical (unpaired) electrons. The van der Waals surface area contributed by atoms with Crippen LogP contribution < -0.4 is 0 Å². The molecule has 3 aromatic heterocycles. The second-order valence-corrected chi connectivity index (χ2v) is 7.76. The normalized spacial score (nSPS) is 15.6. The summed E-state index contributed by atoms with van der Waals surface area (Å²) < 4.78 is 2.11. The van der Waals surface area contributed by atoms with E-state index in [-0.39, 0.29) is 0 Å². The molecule has 4 aromatic rings. The Kier molecular flexibility index (Phi) is 4.38. The summed E-state index contributed by atoms with van der Waals surface area (Å²) in [5, 5.41) is 14.9. The highest BCUT2D eigenvalue weighted by atomic mass is 15.3. The molecule has 0 unspecified atom stereocenters. The lowest BCUT2D eigenvalue weighted by molar-refractivity contribution is 0.212. The molecule has 6 nitrogen and oxygen atoms in total. The molecule has 29 heavy (non-hydrogen) atoms. The molecule has 1 aliphatic heterocycles. The van der Waals surface area contributed by atoms with Crippen LogP contribution >= 0.6 is 0 Å². The molecule has 144 valence electrons. The van der Waals surface area contributed by atoms with Crippen LogP contribution in [0.1, 0.15) is 24.4 Å². The lowest BCUT2D eigenvalue weighted by atomic mass is 10.0. The average molecular weight is 382 g/mol. The molecule has 1 aromatic carbocycles. The minimum absolute atomic E-state index is 0.466. The Hall–Kier alpha value is -3.43. The van der Waals surface area contributed by atoms with Gasteiger partial charge in [-0.05, 0) is 56.7 Å². The first-order valence-electron chi connectivity index (χ1n) is 9.92. The highest BCUT2D eigenvalue weighted by Crippen LogP contribution is 2.32. The van der Waals surface area contributed by atoms with Gasteiger partial charge in [-0.15, -0.1) is 0 Å². The third-order valence-corrected chi connectivity index (χ3v) is 5.83. The van der Waals surface area contributed by atoms with Gasteiger partial charge in [-0.25, -0.2) is 4.98 Å². The molecule has 0 atom stereocenters. The molecule has 1 fully saturated rings. The molecule has 0 amide bonds. The van der Waals surface area contributed by atoms with Gasteiger partial charge in [0.1, 0.15) is 5.65 Å². The van der Waals surface area contributed by atoms with Crippen molar-refractivity contribution < 1.29 is 0 Å². The van der Waals surface area contributed by atoms with Gasteiger partial charge in [0, 0.05) is 40.7 Å². The largest absolute Gasteiger partial charge is 0.346 e. The van der Waals surface area contributed by atoms with Crippen molar-refractivity contribution in [3.63, 3.8) is 0 Å². The van der Waals surface area contributed by atoms with E-state index in [1.807, 2.05) is 42.9 Å². The number of aromatic nitrogens is 4. The zero-order valence-corrected chi connectivity index (χ0v) is 16.3. The molecule has 1 N–H and O–H groups in total. The van der Waals surface area contributed by atoms with Crippen molar-refractivity contribution in [1.82, 2.24) is 24.6 Å². The van der Waals surface area contributed by atoms with Gasteiger partial charge in [0.2, 0.25) is 0 Å². The van der Waals surface area contributed by atoms with E-state index in [9.17, 15) is 5.26 Å². The summed E-state index contributed by atoms with van der Waals surface area (Å²) in [7, 11) is 2.17. The van der Waals surface area contributed by atoms with E-state index < -0.39 is 0 Å². The van der Waals surface area contributed by atoms with Crippen molar-refractivity contribution in [2.45, 2.75) is 18.9 Å². The van der Waals surface area contributed by atoms with Crippen LogP contribution in [-0.4, -0.2) is 44.8 Å². The number of pyridine rings is 1. The number of nitriles is 1. The molecule has 4 heterocycles. The molecular formula is C23H22N6. The summed E-state index contributed by atoms with van der Waals surface area (Å²) in [6, 6.07) is 12.5. The second kappa shape index (κ2) is 7.19. The lowest BCUT2D eigenvalue weighted by Gasteiger charge is -2.28. The van der Waals surface area contributed by atoms with E-state index in [0.29, 0.717) is 11.6 Å². The topological polar surface area (TPSA) is 73.5 Å². The molecule has 6 heteroatoms. The summed E-state index contributed by atoms with van der Waals surface area (Å²) in [6.45, 7) is 2.23.